The minimum absolute atomic E-state index is 0.000802. The molecule has 2 aromatic rings. The zero-order valence-corrected chi connectivity index (χ0v) is 14.4. The molecule has 0 fully saturated rings. The zero-order valence-electron chi connectivity index (χ0n) is 13.6. The summed E-state index contributed by atoms with van der Waals surface area (Å²) < 4.78 is 0.193. The molecule has 6 nitrogen and oxygen atoms in total. The van der Waals surface area contributed by atoms with Crippen LogP contribution in [0, 0.1) is 10.7 Å². The SMILES string of the molecule is CC(C)C/C(=N/NC(=O)Cc1cc(=O)[nH]c(=S)[nH]1)c1ccccc1. The van der Waals surface area contributed by atoms with Crippen LogP contribution in [0.3, 0.4) is 0 Å². The summed E-state index contributed by atoms with van der Waals surface area (Å²) in [7, 11) is 0. The van der Waals surface area contributed by atoms with Crippen LogP contribution >= 0.6 is 12.2 Å². The van der Waals surface area contributed by atoms with Gasteiger partial charge in [0.15, 0.2) is 4.77 Å². The fraction of sp³-hybridized carbons (Fsp3) is 0.294. The molecule has 7 heteroatoms. The van der Waals surface area contributed by atoms with Crippen LogP contribution in [0.25, 0.3) is 0 Å². The van der Waals surface area contributed by atoms with E-state index in [0.29, 0.717) is 11.6 Å². The summed E-state index contributed by atoms with van der Waals surface area (Å²) in [5.41, 5.74) is 4.46. The van der Waals surface area contributed by atoms with Gasteiger partial charge in [0.05, 0.1) is 12.1 Å². The van der Waals surface area contributed by atoms with E-state index in [4.69, 9.17) is 12.2 Å². The molecule has 0 unspecified atom stereocenters. The largest absolute Gasteiger partial charge is 0.335 e. The van der Waals surface area contributed by atoms with Crippen LogP contribution in [0.2, 0.25) is 0 Å². The lowest BCUT2D eigenvalue weighted by atomic mass is 10.0. The molecule has 0 aliphatic heterocycles. The van der Waals surface area contributed by atoms with E-state index in [1.54, 1.807) is 0 Å². The van der Waals surface area contributed by atoms with Gasteiger partial charge in [0.2, 0.25) is 5.91 Å². The number of H-pyrrole nitrogens is 2. The van der Waals surface area contributed by atoms with Crippen molar-refractivity contribution in [3.63, 3.8) is 0 Å². The van der Waals surface area contributed by atoms with Crippen molar-refractivity contribution in [2.24, 2.45) is 11.0 Å². The highest BCUT2D eigenvalue weighted by atomic mass is 32.1. The van der Waals surface area contributed by atoms with Gasteiger partial charge in [-0.2, -0.15) is 5.10 Å². The Hall–Kier alpha value is -2.54. The first kappa shape index (κ1) is 17.8. The maximum atomic E-state index is 12.1. The Morgan fingerprint density at radius 3 is 2.58 bits per heavy atom. The second kappa shape index (κ2) is 8.35. The van der Waals surface area contributed by atoms with E-state index in [0.717, 1.165) is 17.7 Å². The number of nitrogens with zero attached hydrogens (tertiary/aromatic N) is 1. The summed E-state index contributed by atoms with van der Waals surface area (Å²) in [6.07, 6.45) is 0.749. The highest BCUT2D eigenvalue weighted by Gasteiger charge is 2.08. The van der Waals surface area contributed by atoms with Crippen LogP contribution in [0.4, 0.5) is 0 Å². The first-order chi connectivity index (χ1) is 11.4. The highest BCUT2D eigenvalue weighted by molar-refractivity contribution is 7.71. The monoisotopic (exact) mass is 344 g/mol. The molecule has 1 amide bonds. The quantitative estimate of drug-likeness (QED) is 0.427. The van der Waals surface area contributed by atoms with E-state index in [9.17, 15) is 9.59 Å². The molecule has 1 heterocycles. The maximum Gasteiger partial charge on any atom is 0.251 e. The first-order valence-electron chi connectivity index (χ1n) is 7.67. The minimum Gasteiger partial charge on any atom is -0.335 e. The number of amides is 1. The number of nitrogens with one attached hydrogen (secondary N) is 3. The summed E-state index contributed by atoms with van der Waals surface area (Å²) in [5.74, 6) is 0.0908. The maximum absolute atomic E-state index is 12.1. The second-order valence-electron chi connectivity index (χ2n) is 5.85. The van der Waals surface area contributed by atoms with E-state index in [1.165, 1.54) is 6.07 Å². The van der Waals surface area contributed by atoms with Crippen LogP contribution in [-0.4, -0.2) is 21.6 Å². The predicted molar refractivity (Wildman–Crippen MR) is 96.5 cm³/mol. The number of rotatable bonds is 6. The van der Waals surface area contributed by atoms with Crippen molar-refractivity contribution >= 4 is 23.8 Å². The van der Waals surface area contributed by atoms with Crippen molar-refractivity contribution in [1.29, 1.82) is 0 Å². The zero-order chi connectivity index (χ0) is 17.5. The van der Waals surface area contributed by atoms with Crippen molar-refractivity contribution < 1.29 is 4.79 Å². The number of hydrogen-bond acceptors (Lipinski definition) is 4. The number of hydrazone groups is 1. The average Bonchev–Trinajstić information content (AvgIpc) is 2.51. The minimum atomic E-state index is -0.338. The number of benzene rings is 1. The van der Waals surface area contributed by atoms with E-state index >= 15 is 0 Å². The summed E-state index contributed by atoms with van der Waals surface area (Å²) in [5, 5.41) is 4.27. The number of hydrogen-bond donors (Lipinski definition) is 3. The smallest absolute Gasteiger partial charge is 0.251 e. The molecule has 126 valence electrons. The molecule has 0 saturated carbocycles. The van der Waals surface area contributed by atoms with Gasteiger partial charge in [-0.1, -0.05) is 44.2 Å². The highest BCUT2D eigenvalue weighted by Crippen LogP contribution is 2.10. The van der Waals surface area contributed by atoms with Gasteiger partial charge in [0, 0.05) is 11.8 Å². The summed E-state index contributed by atoms with van der Waals surface area (Å²) in [4.78, 5) is 28.6. The van der Waals surface area contributed by atoms with Crippen molar-refractivity contribution in [3.8, 4) is 0 Å². The molecule has 3 N–H and O–H groups in total. The average molecular weight is 344 g/mol. The van der Waals surface area contributed by atoms with E-state index in [1.807, 2.05) is 30.3 Å². The molecule has 0 saturated heterocycles. The molecule has 0 spiro atoms. The van der Waals surface area contributed by atoms with Crippen LogP contribution in [-0.2, 0) is 11.2 Å². The Bertz CT molecular complexity index is 809. The fourth-order valence-electron chi connectivity index (χ4n) is 2.20. The van der Waals surface area contributed by atoms with Gasteiger partial charge in [-0.05, 0) is 30.1 Å². The van der Waals surface area contributed by atoms with Gasteiger partial charge >= 0.3 is 0 Å². The lowest BCUT2D eigenvalue weighted by molar-refractivity contribution is -0.120. The lowest BCUT2D eigenvalue weighted by Gasteiger charge is -2.10. The first-order valence-corrected chi connectivity index (χ1v) is 8.08. The number of aromatic amines is 2. The van der Waals surface area contributed by atoms with Crippen LogP contribution in [0.15, 0.2) is 46.3 Å². The molecule has 0 aliphatic carbocycles. The van der Waals surface area contributed by atoms with Gasteiger partial charge in [-0.25, -0.2) is 5.43 Å². The molecule has 1 aromatic heterocycles. The summed E-state index contributed by atoms with van der Waals surface area (Å²) >= 11 is 4.89. The van der Waals surface area contributed by atoms with Crippen LogP contribution in [0.5, 0.6) is 0 Å². The number of carbonyl (C=O) groups excluding carboxylic acids is 1. The summed E-state index contributed by atoms with van der Waals surface area (Å²) in [6.45, 7) is 4.19. The second-order valence-corrected chi connectivity index (χ2v) is 6.26. The number of carbonyl (C=O) groups is 1. The van der Waals surface area contributed by atoms with Gasteiger partial charge in [-0.3, -0.25) is 14.6 Å². The normalized spacial score (nSPS) is 11.5. The van der Waals surface area contributed by atoms with Crippen LogP contribution < -0.4 is 11.0 Å². The molecular weight excluding hydrogens is 324 g/mol. The molecule has 2 rings (SSSR count). The predicted octanol–water partition coefficient (Wildman–Crippen LogP) is 2.54. The lowest BCUT2D eigenvalue weighted by Crippen LogP contribution is -2.24. The Kier molecular flexibility index (Phi) is 6.20. The van der Waals surface area contributed by atoms with E-state index < -0.39 is 0 Å². The molecule has 0 bridgehead atoms. The summed E-state index contributed by atoms with van der Waals surface area (Å²) in [6, 6.07) is 11.0. The van der Waals surface area contributed by atoms with Crippen molar-refractivity contribution in [2.45, 2.75) is 26.7 Å². The Labute approximate surface area is 145 Å². The standard InChI is InChI=1S/C17H20N4O2S/c1-11(2)8-14(12-6-4-3-5-7-12)20-21-16(23)10-13-9-15(22)19-17(24)18-13/h3-7,9,11H,8,10H2,1-2H3,(H,21,23)(H2,18,19,22,24)/b20-14-. The third-order valence-electron chi connectivity index (χ3n) is 3.19. The molecule has 0 atom stereocenters. The van der Waals surface area contributed by atoms with E-state index in [2.05, 4.69) is 34.3 Å². The molecular formula is C17H20N4O2S. The van der Waals surface area contributed by atoms with Gasteiger partial charge in [0.25, 0.3) is 5.56 Å². The Balaban J connectivity index is 2.11. The number of aromatic nitrogens is 2. The van der Waals surface area contributed by atoms with Crippen molar-refractivity contribution in [2.75, 3.05) is 0 Å². The third kappa shape index (κ3) is 5.58. The third-order valence-corrected chi connectivity index (χ3v) is 3.40. The van der Waals surface area contributed by atoms with Crippen molar-refractivity contribution in [1.82, 2.24) is 15.4 Å². The molecule has 0 aliphatic rings. The van der Waals surface area contributed by atoms with Crippen LogP contribution in [0.1, 0.15) is 31.5 Å². The van der Waals surface area contributed by atoms with Gasteiger partial charge in [0.1, 0.15) is 0 Å². The fourth-order valence-corrected chi connectivity index (χ4v) is 2.43. The molecule has 1 aromatic carbocycles. The van der Waals surface area contributed by atoms with Gasteiger partial charge in [-0.15, -0.1) is 0 Å². The molecule has 24 heavy (non-hydrogen) atoms. The van der Waals surface area contributed by atoms with Crippen molar-refractivity contribution in [3.05, 3.63) is 62.8 Å². The molecule has 0 radical (unpaired) electrons. The Morgan fingerprint density at radius 2 is 1.96 bits per heavy atom. The topological polar surface area (TPSA) is 90.1 Å². The van der Waals surface area contributed by atoms with Gasteiger partial charge < -0.3 is 4.98 Å². The van der Waals surface area contributed by atoms with E-state index in [-0.39, 0.29) is 22.7 Å². The Morgan fingerprint density at radius 1 is 1.25 bits per heavy atom.